The molecule has 0 amide bonds. The Morgan fingerprint density at radius 2 is 2.25 bits per heavy atom. The summed E-state index contributed by atoms with van der Waals surface area (Å²) in [5.74, 6) is 1.72. The first kappa shape index (κ1) is 7.68. The minimum Gasteiger partial charge on any atom is -0.316 e. The Balaban J connectivity index is 1.94. The second kappa shape index (κ2) is 3.63. The van der Waals surface area contributed by atoms with Crippen LogP contribution in [0.2, 0.25) is 0 Å². The van der Waals surface area contributed by atoms with Gasteiger partial charge in [-0.15, -0.1) is 0 Å². The van der Waals surface area contributed by atoms with Crippen LogP contribution in [0.1, 0.15) is 12.2 Å². The zero-order valence-corrected chi connectivity index (χ0v) is 7.03. The highest BCUT2D eigenvalue weighted by atomic mass is 14.9. The Labute approximate surface area is 72.2 Å². The lowest BCUT2D eigenvalue weighted by Crippen LogP contribution is -2.11. The molecular weight excluding hydrogens is 150 g/mol. The zero-order chi connectivity index (χ0) is 8.23. The van der Waals surface area contributed by atoms with Crippen LogP contribution in [0.4, 0.5) is 0 Å². The molecule has 1 aliphatic rings. The van der Waals surface area contributed by atoms with E-state index in [1.165, 1.54) is 6.42 Å². The van der Waals surface area contributed by atoms with Gasteiger partial charge in [0.1, 0.15) is 5.82 Å². The van der Waals surface area contributed by atoms with Crippen molar-refractivity contribution in [2.24, 2.45) is 5.92 Å². The molecule has 0 radical (unpaired) electrons. The number of rotatable bonds is 2. The molecule has 64 valence electrons. The van der Waals surface area contributed by atoms with E-state index in [2.05, 4.69) is 15.3 Å². The normalized spacial score (nSPS) is 22.8. The second-order valence-electron chi connectivity index (χ2n) is 3.23. The van der Waals surface area contributed by atoms with Crippen LogP contribution in [0.3, 0.4) is 0 Å². The van der Waals surface area contributed by atoms with Gasteiger partial charge in [0.15, 0.2) is 0 Å². The SMILES string of the molecule is c1cnc(CC2CCNC2)nc1. The summed E-state index contributed by atoms with van der Waals surface area (Å²) in [5.41, 5.74) is 0. The molecule has 0 spiro atoms. The molecule has 12 heavy (non-hydrogen) atoms. The van der Waals surface area contributed by atoms with E-state index < -0.39 is 0 Å². The van der Waals surface area contributed by atoms with E-state index in [1.807, 2.05) is 18.5 Å². The lowest BCUT2D eigenvalue weighted by Gasteiger charge is -2.04. The summed E-state index contributed by atoms with van der Waals surface area (Å²) < 4.78 is 0. The molecule has 1 fully saturated rings. The van der Waals surface area contributed by atoms with Crippen molar-refractivity contribution in [3.63, 3.8) is 0 Å². The van der Waals surface area contributed by atoms with Gasteiger partial charge >= 0.3 is 0 Å². The molecule has 0 aromatic carbocycles. The summed E-state index contributed by atoms with van der Waals surface area (Å²) >= 11 is 0. The molecule has 1 aromatic heterocycles. The molecule has 3 heteroatoms. The first-order valence-electron chi connectivity index (χ1n) is 4.42. The van der Waals surface area contributed by atoms with Crippen LogP contribution in [0.5, 0.6) is 0 Å². The van der Waals surface area contributed by atoms with E-state index in [0.717, 1.165) is 31.3 Å². The monoisotopic (exact) mass is 163 g/mol. The molecular formula is C9H13N3. The van der Waals surface area contributed by atoms with Crippen LogP contribution in [0, 0.1) is 5.92 Å². The summed E-state index contributed by atoms with van der Waals surface area (Å²) in [6.07, 6.45) is 5.90. The molecule has 0 saturated carbocycles. The maximum absolute atomic E-state index is 4.20. The fraction of sp³-hybridized carbons (Fsp3) is 0.556. The van der Waals surface area contributed by atoms with E-state index in [1.54, 1.807) is 0 Å². The van der Waals surface area contributed by atoms with Crippen LogP contribution < -0.4 is 5.32 Å². The van der Waals surface area contributed by atoms with Gasteiger partial charge in [0, 0.05) is 18.8 Å². The Kier molecular flexibility index (Phi) is 2.32. The number of hydrogen-bond acceptors (Lipinski definition) is 3. The average Bonchev–Trinajstić information content (AvgIpc) is 2.59. The van der Waals surface area contributed by atoms with Crippen molar-refractivity contribution >= 4 is 0 Å². The van der Waals surface area contributed by atoms with E-state index in [4.69, 9.17) is 0 Å². The van der Waals surface area contributed by atoms with Crippen molar-refractivity contribution < 1.29 is 0 Å². The third-order valence-corrected chi connectivity index (χ3v) is 2.25. The predicted octanol–water partition coefficient (Wildman–Crippen LogP) is 0.629. The Morgan fingerprint density at radius 3 is 2.92 bits per heavy atom. The Hall–Kier alpha value is -0.960. The maximum atomic E-state index is 4.20. The first-order chi connectivity index (χ1) is 5.95. The lowest BCUT2D eigenvalue weighted by atomic mass is 10.1. The minimum absolute atomic E-state index is 0.743. The number of aromatic nitrogens is 2. The van der Waals surface area contributed by atoms with Crippen LogP contribution in [-0.4, -0.2) is 23.1 Å². The van der Waals surface area contributed by atoms with Crippen molar-refractivity contribution in [1.29, 1.82) is 0 Å². The summed E-state index contributed by atoms with van der Waals surface area (Å²) in [7, 11) is 0. The highest BCUT2D eigenvalue weighted by Crippen LogP contribution is 2.11. The molecule has 1 aliphatic heterocycles. The van der Waals surface area contributed by atoms with Gasteiger partial charge in [0.2, 0.25) is 0 Å². The molecule has 1 N–H and O–H groups in total. The average molecular weight is 163 g/mol. The third-order valence-electron chi connectivity index (χ3n) is 2.25. The molecule has 3 nitrogen and oxygen atoms in total. The number of hydrogen-bond donors (Lipinski definition) is 1. The van der Waals surface area contributed by atoms with Gasteiger partial charge in [-0.2, -0.15) is 0 Å². The van der Waals surface area contributed by atoms with Gasteiger partial charge in [0.05, 0.1) is 0 Å². The van der Waals surface area contributed by atoms with Gasteiger partial charge < -0.3 is 5.32 Å². The maximum Gasteiger partial charge on any atom is 0.128 e. The highest BCUT2D eigenvalue weighted by molar-refractivity contribution is 4.91. The third kappa shape index (κ3) is 1.80. The van der Waals surface area contributed by atoms with E-state index in [-0.39, 0.29) is 0 Å². The predicted molar refractivity (Wildman–Crippen MR) is 46.7 cm³/mol. The fourth-order valence-electron chi connectivity index (χ4n) is 1.58. The molecule has 0 bridgehead atoms. The fourth-order valence-corrected chi connectivity index (χ4v) is 1.58. The topological polar surface area (TPSA) is 37.8 Å². The number of nitrogens with one attached hydrogen (secondary N) is 1. The molecule has 2 rings (SSSR count). The molecule has 2 heterocycles. The van der Waals surface area contributed by atoms with Gasteiger partial charge in [-0.05, 0) is 31.5 Å². The van der Waals surface area contributed by atoms with E-state index in [0.29, 0.717) is 0 Å². The van der Waals surface area contributed by atoms with Crippen LogP contribution in [-0.2, 0) is 6.42 Å². The van der Waals surface area contributed by atoms with Crippen LogP contribution >= 0.6 is 0 Å². The quantitative estimate of drug-likeness (QED) is 0.695. The van der Waals surface area contributed by atoms with Gasteiger partial charge in [-0.25, -0.2) is 9.97 Å². The van der Waals surface area contributed by atoms with Crippen LogP contribution in [0.15, 0.2) is 18.5 Å². The summed E-state index contributed by atoms with van der Waals surface area (Å²) in [6, 6.07) is 1.86. The van der Waals surface area contributed by atoms with Crippen molar-refractivity contribution in [1.82, 2.24) is 15.3 Å². The highest BCUT2D eigenvalue weighted by Gasteiger charge is 2.15. The molecule has 1 atom stereocenters. The summed E-state index contributed by atoms with van der Waals surface area (Å²) in [4.78, 5) is 8.41. The van der Waals surface area contributed by atoms with Gasteiger partial charge in [-0.1, -0.05) is 0 Å². The molecule has 1 unspecified atom stereocenters. The van der Waals surface area contributed by atoms with Crippen LogP contribution in [0.25, 0.3) is 0 Å². The zero-order valence-electron chi connectivity index (χ0n) is 7.03. The largest absolute Gasteiger partial charge is 0.316 e. The smallest absolute Gasteiger partial charge is 0.128 e. The van der Waals surface area contributed by atoms with Crippen molar-refractivity contribution in [2.75, 3.05) is 13.1 Å². The molecule has 1 aromatic rings. The lowest BCUT2D eigenvalue weighted by molar-refractivity contribution is 0.561. The van der Waals surface area contributed by atoms with Gasteiger partial charge in [0.25, 0.3) is 0 Å². The van der Waals surface area contributed by atoms with E-state index in [9.17, 15) is 0 Å². The number of nitrogens with zero attached hydrogens (tertiary/aromatic N) is 2. The summed E-state index contributed by atoms with van der Waals surface area (Å²) in [5, 5.41) is 3.34. The van der Waals surface area contributed by atoms with Crippen molar-refractivity contribution in [3.8, 4) is 0 Å². The van der Waals surface area contributed by atoms with Gasteiger partial charge in [-0.3, -0.25) is 0 Å². The molecule has 1 saturated heterocycles. The van der Waals surface area contributed by atoms with Crippen molar-refractivity contribution in [2.45, 2.75) is 12.8 Å². The Bertz CT molecular complexity index is 229. The van der Waals surface area contributed by atoms with E-state index >= 15 is 0 Å². The van der Waals surface area contributed by atoms with Crippen molar-refractivity contribution in [3.05, 3.63) is 24.3 Å². The molecule has 0 aliphatic carbocycles. The minimum atomic E-state index is 0.743. The Morgan fingerprint density at radius 1 is 1.42 bits per heavy atom. The summed E-state index contributed by atoms with van der Waals surface area (Å²) in [6.45, 7) is 2.27. The first-order valence-corrected chi connectivity index (χ1v) is 4.42. The standard InChI is InChI=1S/C9H13N3/c1-3-11-9(12-4-1)6-8-2-5-10-7-8/h1,3-4,8,10H,2,5-7H2. The second-order valence-corrected chi connectivity index (χ2v) is 3.23.